The quantitative estimate of drug-likeness (QED) is 0.240. The Hall–Kier alpha value is -1.46. The normalized spacial score (nSPS) is 33.6. The van der Waals surface area contributed by atoms with Crippen molar-refractivity contribution in [1.29, 1.82) is 0 Å². The van der Waals surface area contributed by atoms with Crippen LogP contribution in [0.4, 0.5) is 0 Å². The first-order chi connectivity index (χ1) is 16.0. The first-order valence-electron chi connectivity index (χ1n) is 13.0. The predicted octanol–water partition coefficient (Wildman–Crippen LogP) is 5.79. The van der Waals surface area contributed by atoms with Gasteiger partial charge in [-0.05, 0) is 103 Å². The minimum Gasteiger partial charge on any atom is -0.396 e. The Morgan fingerprint density at radius 3 is 2.47 bits per heavy atom. The van der Waals surface area contributed by atoms with Crippen molar-refractivity contribution in [3.8, 4) is 0 Å². The molecule has 5 atom stereocenters. The summed E-state index contributed by atoms with van der Waals surface area (Å²) in [5.74, 6) is -0.183. The summed E-state index contributed by atoms with van der Waals surface area (Å²) in [7, 11) is 0. The fourth-order valence-electron chi connectivity index (χ4n) is 6.36. The third-order valence-electron chi connectivity index (χ3n) is 8.40. The van der Waals surface area contributed by atoms with Crippen molar-refractivity contribution in [1.82, 2.24) is 0 Å². The van der Waals surface area contributed by atoms with E-state index in [2.05, 4.69) is 39.5 Å². The van der Waals surface area contributed by atoms with Crippen molar-refractivity contribution < 1.29 is 20.4 Å². The molecule has 0 aliphatic heterocycles. The highest BCUT2D eigenvalue weighted by atomic mass is 16.3. The number of rotatable bonds is 10. The fraction of sp³-hybridized carbons (Fsp3) is 0.667. The number of allylic oxidation sites excluding steroid dienone is 7. The zero-order valence-electron chi connectivity index (χ0n) is 22.1. The summed E-state index contributed by atoms with van der Waals surface area (Å²) in [6, 6.07) is 0. The van der Waals surface area contributed by atoms with Crippen molar-refractivity contribution in [2.24, 2.45) is 17.3 Å². The van der Waals surface area contributed by atoms with E-state index in [1.165, 1.54) is 11.1 Å². The molecular weight excluding hydrogens is 424 g/mol. The van der Waals surface area contributed by atoms with Gasteiger partial charge >= 0.3 is 0 Å². The van der Waals surface area contributed by atoms with Crippen LogP contribution in [-0.2, 0) is 0 Å². The molecule has 2 saturated carbocycles. The standard InChI is InChI=1S/C30H48O4/c1-21(2)10-7-11-22(3)12-8-13-23(4)26-16-18-30(28(26)33)27(14-9-19-31)25(24(5)20-32)15-17-29(30,6)34/h8,10,12-13,26-28,31-34H,4,7,9,11,14-20H2,1-3,5-6H3/b13-8+,22-12+,25-24-/t26?,27-,28-,29+,30+/m1/s1. The third-order valence-corrected chi connectivity index (χ3v) is 8.40. The average molecular weight is 473 g/mol. The molecule has 0 bridgehead atoms. The summed E-state index contributed by atoms with van der Waals surface area (Å²) in [4.78, 5) is 0. The highest BCUT2D eigenvalue weighted by Crippen LogP contribution is 2.62. The summed E-state index contributed by atoms with van der Waals surface area (Å²) in [5, 5.41) is 42.8. The first-order valence-corrected chi connectivity index (χ1v) is 13.0. The molecule has 2 fully saturated rings. The summed E-state index contributed by atoms with van der Waals surface area (Å²) < 4.78 is 0. The van der Waals surface area contributed by atoms with Crippen molar-refractivity contribution in [3.63, 3.8) is 0 Å². The molecule has 192 valence electrons. The van der Waals surface area contributed by atoms with Gasteiger partial charge in [-0.2, -0.15) is 0 Å². The van der Waals surface area contributed by atoms with Crippen LogP contribution >= 0.6 is 0 Å². The highest BCUT2D eigenvalue weighted by molar-refractivity contribution is 5.32. The number of aliphatic hydroxyl groups is 4. The van der Waals surface area contributed by atoms with Crippen LogP contribution in [0.5, 0.6) is 0 Å². The first kappa shape index (κ1) is 28.8. The van der Waals surface area contributed by atoms with Gasteiger partial charge in [0.1, 0.15) is 0 Å². The van der Waals surface area contributed by atoms with Gasteiger partial charge in [0.25, 0.3) is 0 Å². The summed E-state index contributed by atoms with van der Waals surface area (Å²) in [6.45, 7) is 14.5. The maximum atomic E-state index is 11.8. The van der Waals surface area contributed by atoms with Crippen LogP contribution in [0.2, 0.25) is 0 Å². The van der Waals surface area contributed by atoms with E-state index in [9.17, 15) is 20.4 Å². The second-order valence-electron chi connectivity index (χ2n) is 11.1. The number of hydrogen-bond donors (Lipinski definition) is 4. The molecule has 0 heterocycles. The van der Waals surface area contributed by atoms with Crippen LogP contribution in [0, 0.1) is 17.3 Å². The molecule has 0 aromatic carbocycles. The van der Waals surface area contributed by atoms with Crippen LogP contribution in [0.15, 0.2) is 58.7 Å². The number of aliphatic hydroxyl groups excluding tert-OH is 3. The van der Waals surface area contributed by atoms with E-state index < -0.39 is 17.1 Å². The van der Waals surface area contributed by atoms with E-state index in [1.807, 2.05) is 26.0 Å². The van der Waals surface area contributed by atoms with E-state index in [-0.39, 0.29) is 25.0 Å². The van der Waals surface area contributed by atoms with Gasteiger partial charge in [0, 0.05) is 17.9 Å². The topological polar surface area (TPSA) is 80.9 Å². The molecular formula is C30H48O4. The van der Waals surface area contributed by atoms with Gasteiger partial charge in [0.2, 0.25) is 0 Å². The largest absolute Gasteiger partial charge is 0.396 e. The predicted molar refractivity (Wildman–Crippen MR) is 141 cm³/mol. The lowest BCUT2D eigenvalue weighted by Crippen LogP contribution is -2.59. The summed E-state index contributed by atoms with van der Waals surface area (Å²) >= 11 is 0. The molecule has 4 N–H and O–H groups in total. The molecule has 4 heteroatoms. The Morgan fingerprint density at radius 1 is 1.15 bits per heavy atom. The molecule has 0 aromatic heterocycles. The smallest absolute Gasteiger partial charge is 0.0709 e. The van der Waals surface area contributed by atoms with Crippen molar-refractivity contribution >= 4 is 0 Å². The average Bonchev–Trinajstić information content (AvgIpc) is 3.12. The van der Waals surface area contributed by atoms with E-state index in [4.69, 9.17) is 0 Å². The molecule has 4 nitrogen and oxygen atoms in total. The molecule has 2 rings (SSSR count). The Balaban J connectivity index is 2.28. The molecule has 2 aliphatic carbocycles. The Labute approximate surface area is 207 Å². The van der Waals surface area contributed by atoms with Gasteiger partial charge in [-0.25, -0.2) is 0 Å². The SMILES string of the molecule is C=C(/C=C/C=C(\C)CCC=C(C)C)C1CC[C@]2([C@H](CCCO)/C(=C(/C)CO)CC[C@]2(C)O)[C@@H]1O. The molecule has 1 spiro atoms. The van der Waals surface area contributed by atoms with Crippen LogP contribution in [0.3, 0.4) is 0 Å². The highest BCUT2D eigenvalue weighted by Gasteiger charge is 2.63. The molecule has 2 aliphatic rings. The second kappa shape index (κ2) is 12.5. The summed E-state index contributed by atoms with van der Waals surface area (Å²) in [5.41, 5.74) is 3.89. The molecule has 0 aromatic rings. The monoisotopic (exact) mass is 472 g/mol. The van der Waals surface area contributed by atoms with E-state index in [0.29, 0.717) is 32.1 Å². The van der Waals surface area contributed by atoms with Crippen LogP contribution in [-0.4, -0.2) is 45.3 Å². The van der Waals surface area contributed by atoms with Crippen molar-refractivity contribution in [2.75, 3.05) is 13.2 Å². The molecule has 1 unspecified atom stereocenters. The molecule has 0 radical (unpaired) electrons. The van der Waals surface area contributed by atoms with Gasteiger partial charge in [0.05, 0.1) is 18.3 Å². The fourth-order valence-corrected chi connectivity index (χ4v) is 6.36. The van der Waals surface area contributed by atoms with Crippen LogP contribution in [0.1, 0.15) is 86.0 Å². The van der Waals surface area contributed by atoms with E-state index in [0.717, 1.165) is 36.0 Å². The van der Waals surface area contributed by atoms with Gasteiger partial charge in [0.15, 0.2) is 0 Å². The Morgan fingerprint density at radius 2 is 1.85 bits per heavy atom. The zero-order valence-corrected chi connectivity index (χ0v) is 22.1. The minimum absolute atomic E-state index is 0.0164. The van der Waals surface area contributed by atoms with Gasteiger partial charge in [-0.1, -0.05) is 47.6 Å². The molecule has 34 heavy (non-hydrogen) atoms. The van der Waals surface area contributed by atoms with E-state index >= 15 is 0 Å². The second-order valence-corrected chi connectivity index (χ2v) is 11.1. The lowest BCUT2D eigenvalue weighted by atomic mass is 9.52. The van der Waals surface area contributed by atoms with Gasteiger partial charge < -0.3 is 20.4 Å². The Bertz CT molecular complexity index is 825. The van der Waals surface area contributed by atoms with E-state index in [1.54, 1.807) is 0 Å². The van der Waals surface area contributed by atoms with Gasteiger partial charge in [-0.15, -0.1) is 0 Å². The van der Waals surface area contributed by atoms with Crippen molar-refractivity contribution in [2.45, 2.75) is 97.7 Å². The molecule has 0 amide bonds. The maximum absolute atomic E-state index is 11.8. The van der Waals surface area contributed by atoms with Gasteiger partial charge in [-0.3, -0.25) is 0 Å². The lowest BCUT2D eigenvalue weighted by molar-refractivity contribution is -0.167. The number of hydrogen-bond acceptors (Lipinski definition) is 4. The van der Waals surface area contributed by atoms with Crippen LogP contribution < -0.4 is 0 Å². The third kappa shape index (κ3) is 6.20. The minimum atomic E-state index is -1.02. The zero-order chi connectivity index (χ0) is 25.5. The Kier molecular flexibility index (Phi) is 10.6. The van der Waals surface area contributed by atoms with Crippen LogP contribution in [0.25, 0.3) is 0 Å². The maximum Gasteiger partial charge on any atom is 0.0709 e. The lowest BCUT2D eigenvalue weighted by Gasteiger charge is -2.55. The summed E-state index contributed by atoms with van der Waals surface area (Å²) in [6.07, 6.45) is 13.8. The van der Waals surface area contributed by atoms with Crippen molar-refractivity contribution in [3.05, 3.63) is 58.7 Å². The molecule has 0 saturated heterocycles.